The number of ether oxygens (including phenoxy) is 1. The number of carbonyl (C=O) groups is 2. The lowest BCUT2D eigenvalue weighted by molar-refractivity contribution is -0.122. The standard InChI is InChI=1S/C22H24F3IN6O3/c1-14-11-35-9-8-31(14)20-17-6-7-30(13-33)10-18(17)28-19(29-20)15-2-4-16(5-3-15)32(26)21(34)27-12-22(23,24)25/h2-5,13-14H,6-12H2,1H3,(H,27,34). The molecule has 9 nitrogen and oxygen atoms in total. The second-order valence-corrected chi connectivity index (χ2v) is 9.31. The van der Waals surface area contributed by atoms with E-state index < -0.39 is 18.8 Å². The fourth-order valence-electron chi connectivity index (χ4n) is 4.03. The van der Waals surface area contributed by atoms with Crippen LogP contribution in [0, 0.1) is 0 Å². The summed E-state index contributed by atoms with van der Waals surface area (Å²) >= 11 is 1.65. The molecule has 1 fully saturated rings. The number of benzene rings is 1. The summed E-state index contributed by atoms with van der Waals surface area (Å²) in [6, 6.07) is 5.92. The van der Waals surface area contributed by atoms with E-state index in [1.54, 1.807) is 52.0 Å². The Labute approximate surface area is 214 Å². The molecule has 1 atom stereocenters. The molecular formula is C22H24F3IN6O3. The maximum absolute atomic E-state index is 12.4. The van der Waals surface area contributed by atoms with Crippen LogP contribution in [0.25, 0.3) is 11.4 Å². The predicted octanol–water partition coefficient (Wildman–Crippen LogP) is 3.31. The third-order valence-corrected chi connectivity index (χ3v) is 6.83. The fraction of sp³-hybridized carbons (Fsp3) is 0.455. The molecule has 188 valence electrons. The van der Waals surface area contributed by atoms with Crippen LogP contribution in [0.5, 0.6) is 0 Å². The van der Waals surface area contributed by atoms with Crippen molar-refractivity contribution in [3.63, 3.8) is 0 Å². The molecule has 2 aliphatic heterocycles. The van der Waals surface area contributed by atoms with Crippen molar-refractivity contribution in [1.29, 1.82) is 0 Å². The van der Waals surface area contributed by atoms with E-state index in [2.05, 4.69) is 11.8 Å². The Kier molecular flexibility index (Phi) is 7.64. The minimum atomic E-state index is -4.49. The van der Waals surface area contributed by atoms with Crippen molar-refractivity contribution in [3.8, 4) is 11.4 Å². The molecule has 3 amide bonds. The number of rotatable bonds is 5. The van der Waals surface area contributed by atoms with Crippen LogP contribution in [0.4, 0.5) is 29.5 Å². The zero-order chi connectivity index (χ0) is 25.2. The molecule has 1 aromatic carbocycles. The third kappa shape index (κ3) is 5.94. The van der Waals surface area contributed by atoms with Gasteiger partial charge < -0.3 is 19.9 Å². The number of hydrogen-bond acceptors (Lipinski definition) is 6. The normalized spacial score (nSPS) is 18.1. The lowest BCUT2D eigenvalue weighted by Gasteiger charge is -2.37. The molecule has 0 spiro atoms. The monoisotopic (exact) mass is 604 g/mol. The lowest BCUT2D eigenvalue weighted by Crippen LogP contribution is -2.45. The second-order valence-electron chi connectivity index (χ2n) is 8.34. The molecule has 0 saturated carbocycles. The van der Waals surface area contributed by atoms with E-state index in [0.717, 1.165) is 26.6 Å². The molecule has 13 heteroatoms. The van der Waals surface area contributed by atoms with Gasteiger partial charge in [0.05, 0.1) is 60.0 Å². The number of hydrogen-bond donors (Lipinski definition) is 1. The second kappa shape index (κ2) is 10.5. The van der Waals surface area contributed by atoms with Crippen LogP contribution in [0.15, 0.2) is 24.3 Å². The van der Waals surface area contributed by atoms with Crippen LogP contribution in [0.3, 0.4) is 0 Å². The van der Waals surface area contributed by atoms with E-state index in [4.69, 9.17) is 14.7 Å². The van der Waals surface area contributed by atoms with Crippen molar-refractivity contribution in [2.75, 3.05) is 40.9 Å². The highest BCUT2D eigenvalue weighted by Crippen LogP contribution is 2.32. The average molecular weight is 604 g/mol. The van der Waals surface area contributed by atoms with Crippen LogP contribution in [0.2, 0.25) is 0 Å². The number of nitrogens with zero attached hydrogens (tertiary/aromatic N) is 5. The van der Waals surface area contributed by atoms with Crippen LogP contribution >= 0.6 is 22.9 Å². The van der Waals surface area contributed by atoms with E-state index in [0.29, 0.717) is 56.3 Å². The van der Waals surface area contributed by atoms with Gasteiger partial charge in [0.1, 0.15) is 12.4 Å². The molecule has 4 rings (SSSR count). The molecule has 35 heavy (non-hydrogen) atoms. The summed E-state index contributed by atoms with van der Waals surface area (Å²) in [5, 5.41) is 1.84. The summed E-state index contributed by atoms with van der Waals surface area (Å²) in [5.74, 6) is 1.30. The number of halogens is 4. The molecule has 1 unspecified atom stereocenters. The average Bonchev–Trinajstić information content (AvgIpc) is 2.85. The van der Waals surface area contributed by atoms with Crippen molar-refractivity contribution in [3.05, 3.63) is 35.5 Å². The Morgan fingerprint density at radius 2 is 2.03 bits per heavy atom. The van der Waals surface area contributed by atoms with Crippen LogP contribution < -0.4 is 13.3 Å². The van der Waals surface area contributed by atoms with Gasteiger partial charge in [0, 0.05) is 24.2 Å². The Morgan fingerprint density at radius 1 is 1.29 bits per heavy atom. The van der Waals surface area contributed by atoms with Gasteiger partial charge in [0.25, 0.3) is 0 Å². The number of morpholine rings is 1. The number of urea groups is 1. The molecular weight excluding hydrogens is 580 g/mol. The first-order valence-corrected chi connectivity index (χ1v) is 12.0. The SMILES string of the molecule is CC1COCCN1c1nc(-c2ccc(N(I)C(=O)NCC(F)(F)F)cc2)nc2c1CCN(C=O)C2. The highest BCUT2D eigenvalue weighted by molar-refractivity contribution is 14.1. The van der Waals surface area contributed by atoms with Crippen molar-refractivity contribution in [2.24, 2.45) is 0 Å². The molecule has 1 N–H and O–H groups in total. The molecule has 3 heterocycles. The molecule has 0 aliphatic carbocycles. The Bertz CT molecular complexity index is 1090. The Hall–Kier alpha value is -2.68. The summed E-state index contributed by atoms with van der Waals surface area (Å²) in [6.07, 6.45) is -3.02. The zero-order valence-electron chi connectivity index (χ0n) is 18.9. The molecule has 0 radical (unpaired) electrons. The van der Waals surface area contributed by atoms with Gasteiger partial charge in [-0.1, -0.05) is 0 Å². The minimum Gasteiger partial charge on any atom is -0.377 e. The van der Waals surface area contributed by atoms with Crippen LogP contribution in [-0.2, 0) is 22.5 Å². The summed E-state index contributed by atoms with van der Waals surface area (Å²) in [6.45, 7) is 3.52. The first-order chi connectivity index (χ1) is 16.7. The van der Waals surface area contributed by atoms with Gasteiger partial charge in [0.2, 0.25) is 6.41 Å². The molecule has 2 aliphatic rings. The fourth-order valence-corrected chi connectivity index (χ4v) is 4.53. The number of carbonyl (C=O) groups excluding carboxylic acids is 2. The number of amides is 3. The first kappa shape index (κ1) is 25.4. The maximum Gasteiger partial charge on any atom is 0.405 e. The Morgan fingerprint density at radius 3 is 2.69 bits per heavy atom. The zero-order valence-corrected chi connectivity index (χ0v) is 21.0. The summed E-state index contributed by atoms with van der Waals surface area (Å²) in [7, 11) is 0. The topological polar surface area (TPSA) is 90.9 Å². The van der Waals surface area contributed by atoms with Gasteiger partial charge in [0.15, 0.2) is 5.82 Å². The molecule has 1 saturated heterocycles. The highest BCUT2D eigenvalue weighted by atomic mass is 127. The largest absolute Gasteiger partial charge is 0.405 e. The van der Waals surface area contributed by atoms with E-state index in [9.17, 15) is 22.8 Å². The number of fused-ring (bicyclic) bond motifs is 1. The number of anilines is 2. The number of nitrogens with one attached hydrogen (secondary N) is 1. The molecule has 2 aromatic rings. The van der Waals surface area contributed by atoms with E-state index in [1.165, 1.54) is 0 Å². The van der Waals surface area contributed by atoms with E-state index in [-0.39, 0.29) is 6.04 Å². The quantitative estimate of drug-likeness (QED) is 0.320. The van der Waals surface area contributed by atoms with E-state index >= 15 is 0 Å². The maximum atomic E-state index is 12.4. The molecule has 0 bridgehead atoms. The Balaban J connectivity index is 1.62. The van der Waals surface area contributed by atoms with Gasteiger partial charge >= 0.3 is 12.2 Å². The summed E-state index contributed by atoms with van der Waals surface area (Å²) in [4.78, 5) is 36.9. The first-order valence-electron chi connectivity index (χ1n) is 11.0. The lowest BCUT2D eigenvalue weighted by atomic mass is 10.0. The van der Waals surface area contributed by atoms with E-state index in [1.807, 2.05) is 5.32 Å². The van der Waals surface area contributed by atoms with Gasteiger partial charge in [-0.25, -0.2) is 17.9 Å². The van der Waals surface area contributed by atoms with Gasteiger partial charge in [-0.15, -0.1) is 0 Å². The van der Waals surface area contributed by atoms with Gasteiger partial charge in [-0.2, -0.15) is 13.2 Å². The molecule has 1 aromatic heterocycles. The number of aromatic nitrogens is 2. The van der Waals surface area contributed by atoms with Crippen molar-refractivity contribution < 1.29 is 27.5 Å². The van der Waals surface area contributed by atoms with Crippen LogP contribution in [-0.4, -0.2) is 72.4 Å². The number of alkyl halides is 3. The van der Waals surface area contributed by atoms with Crippen molar-refractivity contribution >= 4 is 46.8 Å². The summed E-state index contributed by atoms with van der Waals surface area (Å²) in [5.41, 5.74) is 2.90. The van der Waals surface area contributed by atoms with Crippen molar-refractivity contribution in [1.82, 2.24) is 20.2 Å². The van der Waals surface area contributed by atoms with Crippen molar-refractivity contribution in [2.45, 2.75) is 32.1 Å². The van der Waals surface area contributed by atoms with Gasteiger partial charge in [-0.05, 0) is 37.6 Å². The van der Waals surface area contributed by atoms with Gasteiger partial charge in [-0.3, -0.25) is 4.79 Å². The summed E-state index contributed by atoms with van der Waals surface area (Å²) < 4.78 is 43.8. The minimum absolute atomic E-state index is 0.130. The van der Waals surface area contributed by atoms with Crippen LogP contribution in [0.1, 0.15) is 18.2 Å². The smallest absolute Gasteiger partial charge is 0.377 e. The third-order valence-electron chi connectivity index (χ3n) is 5.83. The highest BCUT2D eigenvalue weighted by Gasteiger charge is 2.30. The predicted molar refractivity (Wildman–Crippen MR) is 131 cm³/mol.